The minimum absolute atomic E-state index is 0.0406. The molecule has 1 unspecified atom stereocenters. The number of halogens is 1. The number of methoxy groups -OCH3 is 1. The zero-order chi connectivity index (χ0) is 20.0. The van der Waals surface area contributed by atoms with Gasteiger partial charge in [-0.25, -0.2) is 0 Å². The van der Waals surface area contributed by atoms with Gasteiger partial charge in [0.05, 0.1) is 18.1 Å². The van der Waals surface area contributed by atoms with Crippen LogP contribution in [-0.2, 0) is 4.79 Å². The predicted octanol–water partition coefficient (Wildman–Crippen LogP) is 3.63. The van der Waals surface area contributed by atoms with Gasteiger partial charge in [-0.3, -0.25) is 14.9 Å². The van der Waals surface area contributed by atoms with Crippen molar-refractivity contribution in [2.75, 3.05) is 13.7 Å². The van der Waals surface area contributed by atoms with Crippen LogP contribution < -0.4 is 14.8 Å². The third kappa shape index (κ3) is 5.40. The number of amides is 1. The Kier molecular flexibility index (Phi) is 6.70. The van der Waals surface area contributed by atoms with Gasteiger partial charge in [-0.05, 0) is 29.7 Å². The normalized spacial score (nSPS) is 11.7. The lowest BCUT2D eigenvalue weighted by atomic mass is 9.96. The van der Waals surface area contributed by atoms with Crippen LogP contribution in [0.25, 0.3) is 0 Å². The lowest BCUT2D eigenvalue weighted by Crippen LogP contribution is -2.35. The van der Waals surface area contributed by atoms with Crippen LogP contribution in [0.4, 0.5) is 10.1 Å². The second-order valence-electron chi connectivity index (χ2n) is 6.22. The van der Waals surface area contributed by atoms with Crippen molar-refractivity contribution in [3.05, 3.63) is 64.0 Å². The SMILES string of the molecule is COc1ccc(C(NC(=O)COc2ccc([N+](=O)[O-])c(F)c2)C(C)C)cc1. The highest BCUT2D eigenvalue weighted by Crippen LogP contribution is 2.24. The van der Waals surface area contributed by atoms with E-state index in [1.807, 2.05) is 38.1 Å². The van der Waals surface area contributed by atoms with Crippen molar-refractivity contribution in [2.24, 2.45) is 5.92 Å². The second-order valence-corrected chi connectivity index (χ2v) is 6.22. The van der Waals surface area contributed by atoms with E-state index in [0.717, 1.165) is 23.4 Å². The summed E-state index contributed by atoms with van der Waals surface area (Å²) in [4.78, 5) is 22.0. The molecule has 0 spiro atoms. The summed E-state index contributed by atoms with van der Waals surface area (Å²) in [5.41, 5.74) is 0.270. The number of rotatable bonds is 8. The fraction of sp³-hybridized carbons (Fsp3) is 0.316. The van der Waals surface area contributed by atoms with E-state index in [1.165, 1.54) is 6.07 Å². The maximum atomic E-state index is 13.6. The molecule has 1 atom stereocenters. The number of nitrogens with one attached hydrogen (secondary N) is 1. The van der Waals surface area contributed by atoms with Gasteiger partial charge in [0, 0.05) is 12.1 Å². The lowest BCUT2D eigenvalue weighted by molar-refractivity contribution is -0.387. The zero-order valence-electron chi connectivity index (χ0n) is 15.3. The number of nitro benzene ring substituents is 1. The second kappa shape index (κ2) is 8.98. The average Bonchev–Trinajstić information content (AvgIpc) is 2.64. The van der Waals surface area contributed by atoms with Gasteiger partial charge in [-0.2, -0.15) is 4.39 Å². The van der Waals surface area contributed by atoms with E-state index in [2.05, 4.69) is 5.32 Å². The van der Waals surface area contributed by atoms with Gasteiger partial charge in [0.25, 0.3) is 5.91 Å². The molecule has 0 aromatic heterocycles. The molecule has 0 heterocycles. The first-order valence-corrected chi connectivity index (χ1v) is 8.32. The number of hydrogen-bond acceptors (Lipinski definition) is 5. The summed E-state index contributed by atoms with van der Waals surface area (Å²) in [5, 5.41) is 13.5. The van der Waals surface area contributed by atoms with Crippen LogP contribution in [0.15, 0.2) is 42.5 Å². The first kappa shape index (κ1) is 20.2. The van der Waals surface area contributed by atoms with Crippen molar-refractivity contribution in [1.29, 1.82) is 0 Å². The van der Waals surface area contributed by atoms with Crippen LogP contribution >= 0.6 is 0 Å². The lowest BCUT2D eigenvalue weighted by Gasteiger charge is -2.23. The third-order valence-corrected chi connectivity index (χ3v) is 3.94. The molecule has 2 aromatic carbocycles. The average molecular weight is 376 g/mol. The maximum absolute atomic E-state index is 13.6. The summed E-state index contributed by atoms with van der Waals surface area (Å²) < 4.78 is 24.0. The van der Waals surface area contributed by atoms with Crippen molar-refractivity contribution >= 4 is 11.6 Å². The molecule has 0 aliphatic rings. The number of nitrogens with zero attached hydrogens (tertiary/aromatic N) is 1. The molecule has 0 aliphatic heterocycles. The highest BCUT2D eigenvalue weighted by molar-refractivity contribution is 5.78. The van der Waals surface area contributed by atoms with Crippen LogP contribution in [-0.4, -0.2) is 24.5 Å². The van der Waals surface area contributed by atoms with Crippen LogP contribution in [0.3, 0.4) is 0 Å². The summed E-state index contributed by atoms with van der Waals surface area (Å²) in [6, 6.07) is 10.3. The first-order valence-electron chi connectivity index (χ1n) is 8.32. The number of nitro groups is 1. The van der Waals surface area contributed by atoms with E-state index in [-0.39, 0.29) is 30.2 Å². The molecule has 0 fully saturated rings. The summed E-state index contributed by atoms with van der Waals surface area (Å²) in [6.45, 7) is 3.61. The molecule has 27 heavy (non-hydrogen) atoms. The van der Waals surface area contributed by atoms with Crippen LogP contribution in [0.5, 0.6) is 11.5 Å². The smallest absolute Gasteiger partial charge is 0.305 e. The van der Waals surface area contributed by atoms with E-state index >= 15 is 0 Å². The predicted molar refractivity (Wildman–Crippen MR) is 97.3 cm³/mol. The van der Waals surface area contributed by atoms with Crippen molar-refractivity contribution < 1.29 is 23.6 Å². The van der Waals surface area contributed by atoms with Crippen LogP contribution in [0.1, 0.15) is 25.5 Å². The first-order chi connectivity index (χ1) is 12.8. The largest absolute Gasteiger partial charge is 0.497 e. The van der Waals surface area contributed by atoms with E-state index in [0.29, 0.717) is 0 Å². The molecule has 0 saturated heterocycles. The Morgan fingerprint density at radius 3 is 2.33 bits per heavy atom. The number of benzene rings is 2. The Bertz CT molecular complexity index is 808. The van der Waals surface area contributed by atoms with Gasteiger partial charge < -0.3 is 14.8 Å². The van der Waals surface area contributed by atoms with Gasteiger partial charge >= 0.3 is 5.69 Å². The topological polar surface area (TPSA) is 90.7 Å². The van der Waals surface area contributed by atoms with Crippen molar-refractivity contribution in [3.8, 4) is 11.5 Å². The summed E-state index contributed by atoms with van der Waals surface area (Å²) >= 11 is 0. The minimum atomic E-state index is -1.02. The molecule has 144 valence electrons. The molecule has 2 rings (SSSR count). The van der Waals surface area contributed by atoms with Gasteiger partial charge in [0.2, 0.25) is 5.82 Å². The zero-order valence-corrected chi connectivity index (χ0v) is 15.3. The Morgan fingerprint density at radius 2 is 1.81 bits per heavy atom. The molecule has 0 radical (unpaired) electrons. The van der Waals surface area contributed by atoms with Crippen molar-refractivity contribution in [3.63, 3.8) is 0 Å². The maximum Gasteiger partial charge on any atom is 0.305 e. The fourth-order valence-corrected chi connectivity index (χ4v) is 2.54. The number of ether oxygens (including phenoxy) is 2. The molecule has 1 N–H and O–H groups in total. The molecule has 0 bridgehead atoms. The fourth-order valence-electron chi connectivity index (χ4n) is 2.54. The summed E-state index contributed by atoms with van der Waals surface area (Å²) in [5.74, 6) is -0.520. The molecule has 8 heteroatoms. The Morgan fingerprint density at radius 1 is 1.19 bits per heavy atom. The van der Waals surface area contributed by atoms with E-state index < -0.39 is 16.4 Å². The van der Waals surface area contributed by atoms with Crippen molar-refractivity contribution in [2.45, 2.75) is 19.9 Å². The summed E-state index contributed by atoms with van der Waals surface area (Å²) in [7, 11) is 1.58. The molecule has 1 amide bonds. The van der Waals surface area contributed by atoms with Gasteiger partial charge in [0.15, 0.2) is 6.61 Å². The Labute approximate surface area is 156 Å². The quantitative estimate of drug-likeness (QED) is 0.561. The molecular weight excluding hydrogens is 355 g/mol. The molecular formula is C19H21FN2O5. The minimum Gasteiger partial charge on any atom is -0.497 e. The number of carbonyl (C=O) groups is 1. The van der Waals surface area contributed by atoms with Gasteiger partial charge in [-0.1, -0.05) is 26.0 Å². The highest BCUT2D eigenvalue weighted by Gasteiger charge is 2.19. The van der Waals surface area contributed by atoms with Crippen LogP contribution in [0, 0.1) is 21.8 Å². The standard InChI is InChI=1S/C19H21FN2O5/c1-12(2)19(13-4-6-14(26-3)7-5-13)21-18(23)11-27-15-8-9-17(22(24)25)16(20)10-15/h4-10,12,19H,11H2,1-3H3,(H,21,23). The monoisotopic (exact) mass is 376 g/mol. The van der Waals surface area contributed by atoms with Gasteiger partial charge in [0.1, 0.15) is 11.5 Å². The third-order valence-electron chi connectivity index (χ3n) is 3.94. The van der Waals surface area contributed by atoms with Crippen molar-refractivity contribution in [1.82, 2.24) is 5.32 Å². The molecule has 2 aromatic rings. The van der Waals surface area contributed by atoms with Gasteiger partial charge in [-0.15, -0.1) is 0 Å². The molecule has 0 saturated carbocycles. The van der Waals surface area contributed by atoms with E-state index in [9.17, 15) is 19.3 Å². The summed E-state index contributed by atoms with van der Waals surface area (Å²) in [6.07, 6.45) is 0. The Hall–Kier alpha value is -3.16. The Balaban J connectivity index is 1.99. The molecule has 7 nitrogen and oxygen atoms in total. The van der Waals surface area contributed by atoms with E-state index in [4.69, 9.17) is 9.47 Å². The highest BCUT2D eigenvalue weighted by atomic mass is 19.1. The van der Waals surface area contributed by atoms with E-state index in [1.54, 1.807) is 7.11 Å². The number of hydrogen-bond donors (Lipinski definition) is 1. The number of carbonyl (C=O) groups excluding carboxylic acids is 1. The molecule has 0 aliphatic carbocycles. The van der Waals surface area contributed by atoms with Crippen LogP contribution in [0.2, 0.25) is 0 Å².